The maximum Gasteiger partial charge on any atom is 0.472 e. The Bertz CT molecular complexity index is 1320. The average molecular weight is 966 g/mol. The fourth-order valence-corrected chi connectivity index (χ4v) is 8.43. The number of ether oxygens (including phenoxy) is 1. The Morgan fingerprint density at radius 3 is 1.25 bits per heavy atom. The van der Waals surface area contributed by atoms with Crippen molar-refractivity contribution in [3.8, 4) is 0 Å². The number of aliphatic carboxylic acids is 1. The molecule has 0 aliphatic carbocycles. The van der Waals surface area contributed by atoms with Crippen LogP contribution in [0.15, 0.2) is 48.6 Å². The molecule has 12 heteroatoms. The molecule has 67 heavy (non-hydrogen) atoms. The second-order valence-corrected chi connectivity index (χ2v) is 19.9. The highest BCUT2D eigenvalue weighted by molar-refractivity contribution is 7.47. The highest BCUT2D eigenvalue weighted by Crippen LogP contribution is 2.43. The number of carbonyl (C=O) groups excluding carboxylic acids is 2. The number of unbranched alkanes of at least 4 members (excludes halogenated alkanes) is 29. The van der Waals surface area contributed by atoms with Gasteiger partial charge in [0.2, 0.25) is 5.91 Å². The number of rotatable bonds is 51. The van der Waals surface area contributed by atoms with Crippen molar-refractivity contribution < 1.29 is 47.8 Å². The maximum atomic E-state index is 12.4. The first-order chi connectivity index (χ1) is 32.6. The predicted molar refractivity (Wildman–Crippen MR) is 277 cm³/mol. The van der Waals surface area contributed by atoms with E-state index in [1.54, 1.807) is 0 Å². The molecule has 0 bridgehead atoms. The number of carboxylic acid groups (broad SMARTS) is 1. The summed E-state index contributed by atoms with van der Waals surface area (Å²) in [6, 6.07) is -1.55. The minimum atomic E-state index is -4.77. The van der Waals surface area contributed by atoms with Gasteiger partial charge in [-0.25, -0.2) is 9.36 Å². The summed E-state index contributed by atoms with van der Waals surface area (Å²) >= 11 is 0. The summed E-state index contributed by atoms with van der Waals surface area (Å²) in [7, 11) is -4.77. The number of phosphoric acid groups is 1. The Labute approximate surface area is 409 Å². The van der Waals surface area contributed by atoms with Crippen molar-refractivity contribution >= 4 is 25.7 Å². The number of nitrogens with one attached hydrogen (secondary N) is 1. The van der Waals surface area contributed by atoms with Crippen molar-refractivity contribution in [2.24, 2.45) is 0 Å². The number of esters is 1. The lowest BCUT2D eigenvalue weighted by Gasteiger charge is -2.18. The molecule has 0 fully saturated rings. The zero-order valence-corrected chi connectivity index (χ0v) is 43.6. The third-order valence-electron chi connectivity index (χ3n) is 11.9. The summed E-state index contributed by atoms with van der Waals surface area (Å²) in [5.41, 5.74) is 0. The maximum absolute atomic E-state index is 12.4. The number of carboxylic acids is 1. The average Bonchev–Trinajstić information content (AvgIpc) is 3.31. The largest absolute Gasteiger partial charge is 0.480 e. The van der Waals surface area contributed by atoms with Crippen LogP contribution in [0.4, 0.5) is 0 Å². The van der Waals surface area contributed by atoms with Gasteiger partial charge in [0, 0.05) is 12.8 Å². The van der Waals surface area contributed by atoms with Gasteiger partial charge in [0.1, 0.15) is 12.7 Å². The van der Waals surface area contributed by atoms with E-state index in [4.69, 9.17) is 13.8 Å². The number of aliphatic hydroxyl groups excluding tert-OH is 1. The summed E-state index contributed by atoms with van der Waals surface area (Å²) in [4.78, 5) is 46.2. The monoisotopic (exact) mass is 966 g/mol. The Morgan fingerprint density at radius 1 is 0.478 bits per heavy atom. The van der Waals surface area contributed by atoms with E-state index in [-0.39, 0.29) is 12.8 Å². The molecule has 3 unspecified atom stereocenters. The SMILES string of the molecule is CCCCC/C=C\C/C=C\C/C=C\C/C=C\CCCCCCCCCC(=O)OCC(O)COP(=O)(O)OCC(NC(=O)CCCCCCCCCCCCCCCCCCCCCC)C(=O)O. The molecule has 0 aromatic rings. The van der Waals surface area contributed by atoms with E-state index in [1.807, 2.05) is 0 Å². The van der Waals surface area contributed by atoms with Crippen LogP contribution in [0.5, 0.6) is 0 Å². The molecule has 0 aromatic carbocycles. The van der Waals surface area contributed by atoms with Crippen LogP contribution < -0.4 is 5.32 Å². The van der Waals surface area contributed by atoms with Gasteiger partial charge in [-0.05, 0) is 57.8 Å². The van der Waals surface area contributed by atoms with E-state index in [1.165, 1.54) is 141 Å². The summed E-state index contributed by atoms with van der Waals surface area (Å²) < 4.78 is 27.0. The Kier molecular flexibility index (Phi) is 47.9. The molecule has 0 rings (SSSR count). The summed E-state index contributed by atoms with van der Waals surface area (Å²) in [6.07, 6.45) is 58.4. The van der Waals surface area contributed by atoms with Gasteiger partial charge in [-0.2, -0.15) is 0 Å². The third-order valence-corrected chi connectivity index (χ3v) is 12.8. The van der Waals surface area contributed by atoms with Crippen molar-refractivity contribution in [3.05, 3.63) is 48.6 Å². The molecular formula is C55H100NO10P. The fraction of sp³-hybridized carbons (Fsp3) is 0.800. The summed E-state index contributed by atoms with van der Waals surface area (Å²) in [6.45, 7) is 2.60. The number of hydrogen-bond acceptors (Lipinski definition) is 8. The van der Waals surface area contributed by atoms with E-state index in [0.717, 1.165) is 70.6 Å². The quantitative estimate of drug-likeness (QED) is 0.0199. The van der Waals surface area contributed by atoms with Crippen LogP contribution >= 0.6 is 7.82 Å². The molecule has 3 atom stereocenters. The molecule has 4 N–H and O–H groups in total. The van der Waals surface area contributed by atoms with E-state index < -0.39 is 57.6 Å². The van der Waals surface area contributed by atoms with Gasteiger partial charge in [-0.3, -0.25) is 18.6 Å². The minimum Gasteiger partial charge on any atom is -0.480 e. The van der Waals surface area contributed by atoms with E-state index >= 15 is 0 Å². The number of phosphoric ester groups is 1. The van der Waals surface area contributed by atoms with Crippen molar-refractivity contribution in [2.75, 3.05) is 19.8 Å². The van der Waals surface area contributed by atoms with Crippen LogP contribution in [-0.2, 0) is 32.7 Å². The number of aliphatic hydroxyl groups is 1. The zero-order chi connectivity index (χ0) is 49.2. The molecule has 0 aliphatic rings. The lowest BCUT2D eigenvalue weighted by Crippen LogP contribution is -2.43. The molecule has 0 spiro atoms. The summed E-state index contributed by atoms with van der Waals surface area (Å²) in [5, 5.41) is 22.0. The second kappa shape index (κ2) is 49.8. The molecule has 11 nitrogen and oxygen atoms in total. The van der Waals surface area contributed by atoms with Gasteiger partial charge in [0.05, 0.1) is 13.2 Å². The lowest BCUT2D eigenvalue weighted by atomic mass is 10.0. The normalized spacial score (nSPS) is 13.9. The smallest absolute Gasteiger partial charge is 0.472 e. The van der Waals surface area contributed by atoms with Crippen LogP contribution in [0, 0.1) is 0 Å². The van der Waals surface area contributed by atoms with Crippen LogP contribution in [0.2, 0.25) is 0 Å². The molecule has 390 valence electrons. The summed E-state index contributed by atoms with van der Waals surface area (Å²) in [5.74, 6) is -2.37. The molecule has 1 amide bonds. The standard InChI is InChI=1S/C55H100NO10P/c1-3-5-7-9-11-13-15-17-19-21-23-25-26-27-29-31-33-35-37-39-41-43-45-47-54(59)64-48-51(57)49-65-67(62,63)66-50-52(55(60)61)56-53(58)46-44-42-40-38-36-34-32-30-28-24-22-20-18-16-14-12-10-8-6-4-2/h11,13,17,19,23,25,27,29,51-52,57H,3-10,12,14-16,18,20-22,24,26,28,30-50H2,1-2H3,(H,56,58)(H,60,61)(H,62,63)/b13-11-,19-17-,25-23-,29-27-. The van der Waals surface area contributed by atoms with Gasteiger partial charge in [-0.15, -0.1) is 0 Å². The van der Waals surface area contributed by atoms with E-state index in [0.29, 0.717) is 12.8 Å². The zero-order valence-electron chi connectivity index (χ0n) is 42.7. The first-order valence-electron chi connectivity index (χ1n) is 27.2. The van der Waals surface area contributed by atoms with Crippen LogP contribution in [-0.4, -0.2) is 64.9 Å². The number of hydrogen-bond donors (Lipinski definition) is 4. The minimum absolute atomic E-state index is 0.148. The first-order valence-corrected chi connectivity index (χ1v) is 28.7. The Hall–Kier alpha value is -2.56. The van der Waals surface area contributed by atoms with Crippen LogP contribution in [0.25, 0.3) is 0 Å². The molecule has 0 heterocycles. The van der Waals surface area contributed by atoms with E-state index in [9.17, 15) is 34.1 Å². The van der Waals surface area contributed by atoms with Gasteiger partial charge in [-0.1, -0.05) is 229 Å². The number of allylic oxidation sites excluding steroid dienone is 8. The Balaban J connectivity index is 3.82. The molecular weight excluding hydrogens is 866 g/mol. The first kappa shape index (κ1) is 64.4. The van der Waals surface area contributed by atoms with Crippen molar-refractivity contribution in [1.82, 2.24) is 5.32 Å². The number of amides is 1. The number of carbonyl (C=O) groups is 3. The van der Waals surface area contributed by atoms with Crippen molar-refractivity contribution in [3.63, 3.8) is 0 Å². The Morgan fingerprint density at radius 2 is 0.821 bits per heavy atom. The molecule has 0 aromatic heterocycles. The highest BCUT2D eigenvalue weighted by Gasteiger charge is 2.28. The fourth-order valence-electron chi connectivity index (χ4n) is 7.65. The third kappa shape index (κ3) is 49.7. The second-order valence-electron chi connectivity index (χ2n) is 18.4. The van der Waals surface area contributed by atoms with E-state index in [2.05, 4.69) is 67.8 Å². The van der Waals surface area contributed by atoms with Crippen LogP contribution in [0.3, 0.4) is 0 Å². The topological polar surface area (TPSA) is 169 Å². The molecule has 0 saturated heterocycles. The highest BCUT2D eigenvalue weighted by atomic mass is 31.2. The van der Waals surface area contributed by atoms with Gasteiger partial charge >= 0.3 is 19.8 Å². The molecule has 0 radical (unpaired) electrons. The van der Waals surface area contributed by atoms with Gasteiger partial charge in [0.25, 0.3) is 0 Å². The van der Waals surface area contributed by atoms with Gasteiger partial charge in [0.15, 0.2) is 6.04 Å². The van der Waals surface area contributed by atoms with Crippen molar-refractivity contribution in [2.45, 2.75) is 264 Å². The van der Waals surface area contributed by atoms with Crippen LogP contribution in [0.1, 0.15) is 251 Å². The van der Waals surface area contributed by atoms with Crippen molar-refractivity contribution in [1.29, 1.82) is 0 Å². The predicted octanol–water partition coefficient (Wildman–Crippen LogP) is 15.3. The molecule has 0 saturated carbocycles. The lowest BCUT2D eigenvalue weighted by molar-refractivity contribution is -0.147. The molecule has 0 aliphatic heterocycles. The van der Waals surface area contributed by atoms with Gasteiger partial charge < -0.3 is 25.2 Å².